The first-order valence-electron chi connectivity index (χ1n) is 8.23. The van der Waals surface area contributed by atoms with Crippen molar-refractivity contribution in [2.45, 2.75) is 18.9 Å². The molecule has 2 fully saturated rings. The van der Waals surface area contributed by atoms with Crippen LogP contribution in [0.15, 0.2) is 17.5 Å². The Morgan fingerprint density at radius 1 is 1.23 bits per heavy atom. The molecule has 1 atom stereocenters. The van der Waals surface area contributed by atoms with Gasteiger partial charge in [0.15, 0.2) is 0 Å². The topological polar surface area (TPSA) is 38.8 Å². The summed E-state index contributed by atoms with van der Waals surface area (Å²) >= 11 is 1.79. The van der Waals surface area contributed by atoms with Gasteiger partial charge in [0, 0.05) is 50.7 Å². The molecule has 122 valence electrons. The van der Waals surface area contributed by atoms with E-state index in [0.29, 0.717) is 12.6 Å². The number of carbonyl (C=O) groups excluding carboxylic acids is 1. The Kier molecular flexibility index (Phi) is 5.33. The third-order valence-electron chi connectivity index (χ3n) is 4.69. The van der Waals surface area contributed by atoms with Crippen LogP contribution >= 0.6 is 11.3 Å². The first-order chi connectivity index (χ1) is 10.7. The minimum absolute atomic E-state index is 0.105. The molecule has 0 aromatic carbocycles. The molecule has 22 heavy (non-hydrogen) atoms. The van der Waals surface area contributed by atoms with E-state index in [-0.39, 0.29) is 6.03 Å². The van der Waals surface area contributed by atoms with Crippen molar-refractivity contribution >= 4 is 17.4 Å². The van der Waals surface area contributed by atoms with E-state index in [9.17, 15) is 4.79 Å². The molecule has 5 nitrogen and oxygen atoms in total. The number of amides is 2. The quantitative estimate of drug-likeness (QED) is 0.919. The summed E-state index contributed by atoms with van der Waals surface area (Å²) in [4.78, 5) is 20.4. The largest absolute Gasteiger partial charge is 0.336 e. The standard InChI is InChI=1S/C16H26N4OS/c1-18-8-10-19(11-9-18)14(15-5-4-12-22-15)13-17-16(21)20-6-2-3-7-20/h4-5,12,14H,2-3,6-11,13H2,1H3,(H,17,21)/t14-/m0/s1. The Hall–Kier alpha value is -1.11. The van der Waals surface area contributed by atoms with Gasteiger partial charge in [0.05, 0.1) is 6.04 Å². The van der Waals surface area contributed by atoms with Gasteiger partial charge < -0.3 is 15.1 Å². The van der Waals surface area contributed by atoms with E-state index in [1.165, 1.54) is 4.88 Å². The van der Waals surface area contributed by atoms with Gasteiger partial charge in [0.1, 0.15) is 0 Å². The highest BCUT2D eigenvalue weighted by atomic mass is 32.1. The maximum Gasteiger partial charge on any atom is 0.317 e. The molecule has 1 N–H and O–H groups in total. The first kappa shape index (κ1) is 15.8. The number of nitrogens with one attached hydrogen (secondary N) is 1. The molecule has 6 heteroatoms. The number of likely N-dealkylation sites (N-methyl/N-ethyl adjacent to an activating group) is 1. The molecule has 3 rings (SSSR count). The summed E-state index contributed by atoms with van der Waals surface area (Å²) in [5.41, 5.74) is 0. The normalized spacial score (nSPS) is 22.0. The van der Waals surface area contributed by atoms with Crippen molar-refractivity contribution in [3.8, 4) is 0 Å². The second kappa shape index (κ2) is 7.44. The van der Waals surface area contributed by atoms with Crippen LogP contribution in [0.5, 0.6) is 0 Å². The Labute approximate surface area is 136 Å². The van der Waals surface area contributed by atoms with Crippen LogP contribution in [-0.4, -0.2) is 73.6 Å². The number of piperazine rings is 1. The Morgan fingerprint density at radius 3 is 2.59 bits per heavy atom. The van der Waals surface area contributed by atoms with E-state index < -0.39 is 0 Å². The number of thiophene rings is 1. The number of urea groups is 1. The lowest BCUT2D eigenvalue weighted by Gasteiger charge is -2.37. The SMILES string of the molecule is CN1CCN([C@@H](CNC(=O)N2CCCC2)c2cccs2)CC1. The van der Waals surface area contributed by atoms with Crippen LogP contribution in [0.1, 0.15) is 23.8 Å². The van der Waals surface area contributed by atoms with Crippen molar-refractivity contribution in [2.24, 2.45) is 0 Å². The van der Waals surface area contributed by atoms with Gasteiger partial charge in [-0.15, -0.1) is 11.3 Å². The molecule has 1 aromatic rings. The van der Waals surface area contributed by atoms with Crippen molar-refractivity contribution < 1.29 is 4.79 Å². The highest BCUT2D eigenvalue weighted by Crippen LogP contribution is 2.25. The molecule has 0 bridgehead atoms. The highest BCUT2D eigenvalue weighted by molar-refractivity contribution is 7.10. The molecule has 2 amide bonds. The molecule has 2 aliphatic heterocycles. The lowest BCUT2D eigenvalue weighted by molar-refractivity contribution is 0.111. The zero-order valence-corrected chi connectivity index (χ0v) is 14.1. The van der Waals surface area contributed by atoms with Crippen LogP contribution in [-0.2, 0) is 0 Å². The fourth-order valence-electron chi connectivity index (χ4n) is 3.24. The predicted molar refractivity (Wildman–Crippen MR) is 90.3 cm³/mol. The Balaban J connectivity index is 1.60. The smallest absolute Gasteiger partial charge is 0.317 e. The van der Waals surface area contributed by atoms with Gasteiger partial charge in [-0.3, -0.25) is 4.90 Å². The zero-order chi connectivity index (χ0) is 15.4. The van der Waals surface area contributed by atoms with E-state index in [2.05, 4.69) is 39.7 Å². The molecular weight excluding hydrogens is 296 g/mol. The van der Waals surface area contributed by atoms with E-state index in [0.717, 1.165) is 52.1 Å². The Morgan fingerprint density at radius 2 is 1.95 bits per heavy atom. The van der Waals surface area contributed by atoms with Crippen molar-refractivity contribution in [2.75, 3.05) is 52.9 Å². The fraction of sp³-hybridized carbons (Fsp3) is 0.688. The Bertz CT molecular complexity index is 465. The van der Waals surface area contributed by atoms with E-state index in [1.807, 2.05) is 4.90 Å². The van der Waals surface area contributed by atoms with Crippen LogP contribution in [0.4, 0.5) is 4.79 Å². The van der Waals surface area contributed by atoms with Crippen molar-refractivity contribution in [3.63, 3.8) is 0 Å². The second-order valence-corrected chi connectivity index (χ2v) is 7.23. The monoisotopic (exact) mass is 322 g/mol. The fourth-order valence-corrected chi connectivity index (χ4v) is 4.10. The second-order valence-electron chi connectivity index (χ2n) is 6.25. The summed E-state index contributed by atoms with van der Waals surface area (Å²) < 4.78 is 0. The van der Waals surface area contributed by atoms with Crippen LogP contribution in [0.2, 0.25) is 0 Å². The minimum atomic E-state index is 0.105. The number of hydrogen-bond acceptors (Lipinski definition) is 4. The van der Waals surface area contributed by atoms with Gasteiger partial charge in [0.2, 0.25) is 0 Å². The molecule has 2 saturated heterocycles. The summed E-state index contributed by atoms with van der Waals surface area (Å²) in [7, 11) is 2.17. The molecule has 3 heterocycles. The van der Waals surface area contributed by atoms with Crippen molar-refractivity contribution in [3.05, 3.63) is 22.4 Å². The number of rotatable bonds is 4. The molecule has 0 aliphatic carbocycles. The average Bonchev–Trinajstić information content (AvgIpc) is 3.22. The molecule has 0 saturated carbocycles. The van der Waals surface area contributed by atoms with Crippen molar-refractivity contribution in [1.29, 1.82) is 0 Å². The van der Waals surface area contributed by atoms with Crippen LogP contribution < -0.4 is 5.32 Å². The minimum Gasteiger partial charge on any atom is -0.336 e. The van der Waals surface area contributed by atoms with Crippen LogP contribution in [0.25, 0.3) is 0 Å². The maximum absolute atomic E-state index is 12.2. The van der Waals surface area contributed by atoms with Crippen LogP contribution in [0.3, 0.4) is 0 Å². The molecule has 1 aromatic heterocycles. The number of carbonyl (C=O) groups is 1. The maximum atomic E-state index is 12.2. The average molecular weight is 322 g/mol. The molecule has 0 radical (unpaired) electrons. The number of likely N-dealkylation sites (tertiary alicyclic amines) is 1. The first-order valence-corrected chi connectivity index (χ1v) is 9.11. The summed E-state index contributed by atoms with van der Waals surface area (Å²) in [5.74, 6) is 0. The molecule has 2 aliphatic rings. The predicted octanol–water partition coefficient (Wildman–Crippen LogP) is 1.84. The lowest BCUT2D eigenvalue weighted by Crippen LogP contribution is -2.49. The van der Waals surface area contributed by atoms with Gasteiger partial charge in [-0.25, -0.2) is 4.79 Å². The van der Waals surface area contributed by atoms with Gasteiger partial charge in [-0.1, -0.05) is 6.07 Å². The van der Waals surface area contributed by atoms with Gasteiger partial charge >= 0.3 is 6.03 Å². The van der Waals surface area contributed by atoms with Crippen molar-refractivity contribution in [1.82, 2.24) is 20.0 Å². The summed E-state index contributed by atoms with van der Waals surface area (Å²) in [6, 6.07) is 4.70. The molecule has 0 unspecified atom stereocenters. The number of nitrogens with zero attached hydrogens (tertiary/aromatic N) is 3. The van der Waals surface area contributed by atoms with Gasteiger partial charge in [-0.05, 0) is 31.3 Å². The summed E-state index contributed by atoms with van der Waals surface area (Å²) in [6.45, 7) is 6.86. The summed E-state index contributed by atoms with van der Waals surface area (Å²) in [6.07, 6.45) is 2.28. The van der Waals surface area contributed by atoms with Gasteiger partial charge in [0.25, 0.3) is 0 Å². The number of hydrogen-bond donors (Lipinski definition) is 1. The molecular formula is C16H26N4OS. The third kappa shape index (κ3) is 3.80. The lowest BCUT2D eigenvalue weighted by atomic mass is 10.1. The zero-order valence-electron chi connectivity index (χ0n) is 13.3. The van der Waals surface area contributed by atoms with E-state index in [1.54, 1.807) is 11.3 Å². The molecule has 0 spiro atoms. The van der Waals surface area contributed by atoms with Gasteiger partial charge in [-0.2, -0.15) is 0 Å². The van der Waals surface area contributed by atoms with E-state index >= 15 is 0 Å². The highest BCUT2D eigenvalue weighted by Gasteiger charge is 2.26. The summed E-state index contributed by atoms with van der Waals surface area (Å²) in [5, 5.41) is 5.29. The third-order valence-corrected chi connectivity index (χ3v) is 5.66. The van der Waals surface area contributed by atoms with Crippen LogP contribution in [0, 0.1) is 0 Å². The van der Waals surface area contributed by atoms with E-state index in [4.69, 9.17) is 0 Å².